The summed E-state index contributed by atoms with van der Waals surface area (Å²) in [5.41, 5.74) is 2.17. The van der Waals surface area contributed by atoms with Crippen LogP contribution >= 0.6 is 23.2 Å². The molecule has 162 valence electrons. The van der Waals surface area contributed by atoms with E-state index in [1.54, 1.807) is 42.5 Å². The summed E-state index contributed by atoms with van der Waals surface area (Å²) >= 11 is 12.2. The van der Waals surface area contributed by atoms with E-state index in [2.05, 4.69) is 5.32 Å². The number of amides is 1. The molecule has 5 nitrogen and oxygen atoms in total. The van der Waals surface area contributed by atoms with Gasteiger partial charge in [-0.3, -0.25) is 4.79 Å². The van der Waals surface area contributed by atoms with E-state index in [0.717, 1.165) is 11.1 Å². The third kappa shape index (κ3) is 6.08. The van der Waals surface area contributed by atoms with Crippen molar-refractivity contribution in [3.8, 4) is 0 Å². The van der Waals surface area contributed by atoms with Crippen molar-refractivity contribution in [2.45, 2.75) is 18.2 Å². The molecule has 0 radical (unpaired) electrons. The maximum Gasteiger partial charge on any atom is 0.243 e. The molecule has 1 amide bonds. The molecular formula is C23H22Cl2N2O3S. The Balaban J connectivity index is 1.84. The van der Waals surface area contributed by atoms with Crippen LogP contribution in [-0.4, -0.2) is 31.7 Å². The largest absolute Gasteiger partial charge is 0.322 e. The minimum absolute atomic E-state index is 0.134. The van der Waals surface area contributed by atoms with Gasteiger partial charge in [0.1, 0.15) is 0 Å². The number of halogens is 2. The number of aryl methyl sites for hydroxylation is 1. The van der Waals surface area contributed by atoms with E-state index in [1.807, 2.05) is 37.3 Å². The number of carbonyl (C=O) groups excluding carboxylic acids is 1. The molecule has 31 heavy (non-hydrogen) atoms. The van der Waals surface area contributed by atoms with Crippen LogP contribution in [0.3, 0.4) is 0 Å². The molecule has 0 atom stereocenters. The van der Waals surface area contributed by atoms with Crippen molar-refractivity contribution in [2.75, 3.05) is 18.4 Å². The fraction of sp³-hybridized carbons (Fsp3) is 0.174. The van der Waals surface area contributed by atoms with E-state index >= 15 is 0 Å². The van der Waals surface area contributed by atoms with Gasteiger partial charge in [-0.15, -0.1) is 0 Å². The van der Waals surface area contributed by atoms with Gasteiger partial charge in [0.05, 0.1) is 27.2 Å². The normalized spacial score (nSPS) is 11.5. The first-order valence-corrected chi connectivity index (χ1v) is 11.8. The van der Waals surface area contributed by atoms with Crippen molar-refractivity contribution in [1.82, 2.24) is 4.31 Å². The van der Waals surface area contributed by atoms with Gasteiger partial charge in [-0.25, -0.2) is 8.42 Å². The van der Waals surface area contributed by atoms with Crippen molar-refractivity contribution in [3.05, 3.63) is 94.0 Å². The molecule has 3 aromatic rings. The van der Waals surface area contributed by atoms with Gasteiger partial charge in [0.25, 0.3) is 0 Å². The number of rotatable bonds is 8. The molecule has 0 aliphatic rings. The van der Waals surface area contributed by atoms with Gasteiger partial charge in [0.2, 0.25) is 15.9 Å². The Morgan fingerprint density at radius 1 is 0.903 bits per heavy atom. The molecule has 3 rings (SSSR count). The highest BCUT2D eigenvalue weighted by Gasteiger charge is 2.27. The molecule has 1 N–H and O–H groups in total. The van der Waals surface area contributed by atoms with Gasteiger partial charge in [-0.1, -0.05) is 77.3 Å². The molecule has 0 heterocycles. The number of benzene rings is 3. The highest BCUT2D eigenvalue weighted by molar-refractivity contribution is 7.89. The second kappa shape index (κ2) is 10.3. The van der Waals surface area contributed by atoms with Crippen LogP contribution in [0.25, 0.3) is 0 Å². The first-order valence-electron chi connectivity index (χ1n) is 9.62. The number of hydrogen-bond donors (Lipinski definition) is 1. The van der Waals surface area contributed by atoms with Crippen molar-refractivity contribution < 1.29 is 13.2 Å². The Morgan fingerprint density at radius 3 is 2.13 bits per heavy atom. The minimum Gasteiger partial charge on any atom is -0.322 e. The Hall–Kier alpha value is -2.38. The summed E-state index contributed by atoms with van der Waals surface area (Å²) in [5, 5.41) is 3.18. The summed E-state index contributed by atoms with van der Waals surface area (Å²) in [6.07, 6.45) is 0.464. The van der Waals surface area contributed by atoms with E-state index in [0.29, 0.717) is 6.42 Å². The van der Waals surface area contributed by atoms with E-state index in [-0.39, 0.29) is 33.7 Å². The van der Waals surface area contributed by atoms with Crippen LogP contribution in [0.15, 0.2) is 77.7 Å². The molecule has 0 saturated carbocycles. The predicted octanol–water partition coefficient (Wildman–Crippen LogP) is 5.17. The maximum atomic E-state index is 13.3. The van der Waals surface area contributed by atoms with Crippen LogP contribution in [0.2, 0.25) is 10.0 Å². The molecule has 0 aliphatic heterocycles. The predicted molar refractivity (Wildman–Crippen MR) is 125 cm³/mol. The fourth-order valence-electron chi connectivity index (χ4n) is 3.00. The van der Waals surface area contributed by atoms with E-state index < -0.39 is 15.9 Å². The lowest BCUT2D eigenvalue weighted by molar-refractivity contribution is -0.116. The van der Waals surface area contributed by atoms with Crippen LogP contribution < -0.4 is 5.32 Å². The lowest BCUT2D eigenvalue weighted by atomic mass is 10.1. The quantitative estimate of drug-likeness (QED) is 0.487. The summed E-state index contributed by atoms with van der Waals surface area (Å²) in [6.45, 7) is 1.65. The van der Waals surface area contributed by atoms with Gasteiger partial charge in [-0.2, -0.15) is 4.31 Å². The Morgan fingerprint density at radius 2 is 1.52 bits per heavy atom. The molecule has 8 heteroatoms. The zero-order valence-electron chi connectivity index (χ0n) is 16.9. The molecule has 0 aliphatic carbocycles. The van der Waals surface area contributed by atoms with Gasteiger partial charge in [-0.05, 0) is 43.2 Å². The minimum atomic E-state index is -3.89. The van der Waals surface area contributed by atoms with Crippen molar-refractivity contribution in [3.63, 3.8) is 0 Å². The molecule has 3 aromatic carbocycles. The maximum absolute atomic E-state index is 13.3. The second-order valence-corrected chi connectivity index (χ2v) is 9.78. The molecule has 0 saturated heterocycles. The van der Waals surface area contributed by atoms with Crippen molar-refractivity contribution in [2.24, 2.45) is 0 Å². The third-order valence-corrected chi connectivity index (χ3v) is 7.19. The Kier molecular flexibility index (Phi) is 7.73. The monoisotopic (exact) mass is 476 g/mol. The molecular weight excluding hydrogens is 455 g/mol. The summed E-state index contributed by atoms with van der Waals surface area (Å²) in [6, 6.07) is 20.9. The van der Waals surface area contributed by atoms with Gasteiger partial charge >= 0.3 is 0 Å². The van der Waals surface area contributed by atoms with Crippen LogP contribution in [0.4, 0.5) is 5.69 Å². The highest BCUT2D eigenvalue weighted by atomic mass is 35.5. The summed E-state index contributed by atoms with van der Waals surface area (Å²) < 4.78 is 27.7. The van der Waals surface area contributed by atoms with E-state index in [1.165, 1.54) is 4.31 Å². The molecule has 0 unspecified atom stereocenters. The van der Waals surface area contributed by atoms with Gasteiger partial charge in [0.15, 0.2) is 0 Å². The highest BCUT2D eigenvalue weighted by Crippen LogP contribution is 2.29. The van der Waals surface area contributed by atoms with Crippen LogP contribution in [0, 0.1) is 6.92 Å². The zero-order chi connectivity index (χ0) is 22.4. The fourth-order valence-corrected chi connectivity index (χ4v) is 4.89. The molecule has 0 aromatic heterocycles. The smallest absolute Gasteiger partial charge is 0.243 e. The average Bonchev–Trinajstić information content (AvgIpc) is 2.75. The summed E-state index contributed by atoms with van der Waals surface area (Å²) in [5.74, 6) is -0.529. The molecule has 0 bridgehead atoms. The standard InChI is InChI=1S/C23H22Cl2N2O3S/c1-17-10-12-19(13-11-17)31(29,30)27(15-14-18-6-3-2-4-7-18)16-22(28)26-23-20(24)8-5-9-21(23)25/h2-13H,14-16H2,1H3,(H,26,28). The lowest BCUT2D eigenvalue weighted by Gasteiger charge is -2.22. The second-order valence-electron chi connectivity index (χ2n) is 7.03. The topological polar surface area (TPSA) is 66.5 Å². The first kappa shape index (κ1) is 23.3. The molecule has 0 spiro atoms. The van der Waals surface area contributed by atoms with Gasteiger partial charge < -0.3 is 5.32 Å². The average molecular weight is 477 g/mol. The van der Waals surface area contributed by atoms with E-state index in [9.17, 15) is 13.2 Å². The number of carbonyl (C=O) groups is 1. The number of anilines is 1. The Bertz CT molecular complexity index is 1130. The summed E-state index contributed by atoms with van der Waals surface area (Å²) in [7, 11) is -3.89. The van der Waals surface area contributed by atoms with Crippen molar-refractivity contribution >= 4 is 44.8 Å². The SMILES string of the molecule is Cc1ccc(S(=O)(=O)N(CCc2ccccc2)CC(=O)Nc2c(Cl)cccc2Cl)cc1. The first-order chi connectivity index (χ1) is 14.8. The van der Waals surface area contributed by atoms with Crippen LogP contribution in [0.1, 0.15) is 11.1 Å². The number of nitrogens with one attached hydrogen (secondary N) is 1. The Labute approximate surface area is 192 Å². The third-order valence-electron chi connectivity index (χ3n) is 4.70. The molecule has 0 fully saturated rings. The van der Waals surface area contributed by atoms with E-state index in [4.69, 9.17) is 23.2 Å². The summed E-state index contributed by atoms with van der Waals surface area (Å²) in [4.78, 5) is 12.9. The van der Waals surface area contributed by atoms with Gasteiger partial charge in [0, 0.05) is 6.54 Å². The zero-order valence-corrected chi connectivity index (χ0v) is 19.2. The van der Waals surface area contributed by atoms with Crippen molar-refractivity contribution in [1.29, 1.82) is 0 Å². The van der Waals surface area contributed by atoms with Crippen LogP contribution in [-0.2, 0) is 21.2 Å². The number of hydrogen-bond acceptors (Lipinski definition) is 3. The lowest BCUT2D eigenvalue weighted by Crippen LogP contribution is -2.39. The number of sulfonamides is 1. The number of nitrogens with zero attached hydrogens (tertiary/aromatic N) is 1. The number of para-hydroxylation sites is 1. The van der Waals surface area contributed by atoms with Crippen LogP contribution in [0.5, 0.6) is 0 Å².